The minimum Gasteiger partial charge on any atom is -0.445 e. The topological polar surface area (TPSA) is 182 Å². The Balaban J connectivity index is 0.000000606. The Morgan fingerprint density at radius 1 is 0.805 bits per heavy atom. The second kappa shape index (κ2) is 21.0. The molecule has 41 heavy (non-hydrogen) atoms. The van der Waals surface area contributed by atoms with Gasteiger partial charge in [0.05, 0.1) is 5.71 Å². The number of carbonyl (C=O) groups is 3. The van der Waals surface area contributed by atoms with Gasteiger partial charge in [-0.15, -0.1) is 0 Å². The fraction of sp³-hybridized carbons (Fsp3) is 0.267. The SMILES string of the molecule is C=C1C=CC(=N)C=C1.CN.CNC(=O)OCc1ccc(N)cc1.CNC(=O)OCc1ccc(NC(=O)C(C)C)cc1. The number of alkyl carbamates (subject to hydrolysis) is 2. The summed E-state index contributed by atoms with van der Waals surface area (Å²) in [7, 11) is 4.53. The first-order valence-corrected chi connectivity index (χ1v) is 12.7. The van der Waals surface area contributed by atoms with Crippen LogP contribution in [0.1, 0.15) is 25.0 Å². The van der Waals surface area contributed by atoms with Gasteiger partial charge in [-0.05, 0) is 60.2 Å². The molecule has 1 aliphatic rings. The van der Waals surface area contributed by atoms with E-state index in [9.17, 15) is 14.4 Å². The van der Waals surface area contributed by atoms with Crippen molar-refractivity contribution in [1.82, 2.24) is 10.6 Å². The van der Waals surface area contributed by atoms with Gasteiger partial charge in [0, 0.05) is 31.4 Å². The lowest BCUT2D eigenvalue weighted by atomic mass is 10.1. The molecule has 1 aliphatic carbocycles. The van der Waals surface area contributed by atoms with Gasteiger partial charge in [-0.1, -0.05) is 56.8 Å². The van der Waals surface area contributed by atoms with Crippen LogP contribution in [-0.2, 0) is 27.5 Å². The van der Waals surface area contributed by atoms with E-state index in [-0.39, 0.29) is 25.0 Å². The van der Waals surface area contributed by atoms with Gasteiger partial charge in [-0.3, -0.25) is 4.79 Å². The number of nitrogen functional groups attached to an aromatic ring is 1. The minimum absolute atomic E-state index is 0.0237. The zero-order valence-electron chi connectivity index (χ0n) is 24.3. The molecule has 0 fully saturated rings. The molecule has 11 heteroatoms. The van der Waals surface area contributed by atoms with Crippen LogP contribution in [0.4, 0.5) is 21.0 Å². The Hall–Kier alpha value is -4.90. The number of rotatable bonds is 6. The largest absolute Gasteiger partial charge is 0.445 e. The molecule has 0 radical (unpaired) electrons. The highest BCUT2D eigenvalue weighted by Gasteiger charge is 2.07. The molecule has 2 aromatic carbocycles. The Bertz CT molecular complexity index is 1130. The van der Waals surface area contributed by atoms with Crippen LogP contribution < -0.4 is 27.4 Å². The molecule has 8 N–H and O–H groups in total. The maximum absolute atomic E-state index is 11.5. The van der Waals surface area contributed by atoms with Crippen LogP contribution in [-0.4, -0.2) is 44.9 Å². The molecule has 222 valence electrons. The van der Waals surface area contributed by atoms with Gasteiger partial charge in [0.25, 0.3) is 0 Å². The van der Waals surface area contributed by atoms with E-state index in [1.165, 1.54) is 21.1 Å². The van der Waals surface area contributed by atoms with E-state index in [4.69, 9.17) is 20.6 Å². The number of anilines is 2. The molecule has 2 aromatic rings. The molecule has 0 heterocycles. The quantitative estimate of drug-likeness (QED) is 0.278. The number of carbonyl (C=O) groups excluding carboxylic acids is 3. The van der Waals surface area contributed by atoms with Crippen LogP contribution in [0.3, 0.4) is 0 Å². The molecule has 0 saturated heterocycles. The fourth-order valence-electron chi connectivity index (χ4n) is 2.53. The van der Waals surface area contributed by atoms with Crippen molar-refractivity contribution in [2.75, 3.05) is 32.2 Å². The molecular formula is C30H42N6O5. The van der Waals surface area contributed by atoms with Gasteiger partial charge in [0.15, 0.2) is 0 Å². The lowest BCUT2D eigenvalue weighted by molar-refractivity contribution is -0.118. The van der Waals surface area contributed by atoms with Gasteiger partial charge in [0.2, 0.25) is 5.91 Å². The number of ether oxygens (including phenoxy) is 2. The summed E-state index contributed by atoms with van der Waals surface area (Å²) in [5.41, 5.74) is 14.7. The van der Waals surface area contributed by atoms with Crippen LogP contribution in [0.2, 0.25) is 0 Å². The molecule has 0 aliphatic heterocycles. The maximum Gasteiger partial charge on any atom is 0.407 e. The summed E-state index contributed by atoms with van der Waals surface area (Å²) < 4.78 is 9.73. The zero-order chi connectivity index (χ0) is 31.2. The van der Waals surface area contributed by atoms with E-state index in [1.807, 2.05) is 38.1 Å². The molecule has 0 unspecified atom stereocenters. The highest BCUT2D eigenvalue weighted by molar-refractivity contribution is 6.03. The molecule has 0 atom stereocenters. The third-order valence-electron chi connectivity index (χ3n) is 4.83. The second-order valence-electron chi connectivity index (χ2n) is 8.43. The van der Waals surface area contributed by atoms with Gasteiger partial charge in [0.1, 0.15) is 13.2 Å². The first-order valence-electron chi connectivity index (χ1n) is 12.7. The Morgan fingerprint density at radius 3 is 1.59 bits per heavy atom. The van der Waals surface area contributed by atoms with Crippen molar-refractivity contribution in [3.05, 3.63) is 96.1 Å². The number of amides is 3. The number of nitrogens with two attached hydrogens (primary N) is 2. The summed E-state index contributed by atoms with van der Waals surface area (Å²) in [5.74, 6) is -0.0781. The van der Waals surface area contributed by atoms with Crippen LogP contribution in [0.25, 0.3) is 0 Å². The van der Waals surface area contributed by atoms with Crippen LogP contribution in [0, 0.1) is 11.3 Å². The van der Waals surface area contributed by atoms with Gasteiger partial charge in [-0.25, -0.2) is 9.59 Å². The summed E-state index contributed by atoms with van der Waals surface area (Å²) in [6.45, 7) is 7.82. The van der Waals surface area contributed by atoms with Gasteiger partial charge in [-0.2, -0.15) is 0 Å². The van der Waals surface area contributed by atoms with Crippen molar-refractivity contribution in [1.29, 1.82) is 5.41 Å². The Labute approximate surface area is 242 Å². The lowest BCUT2D eigenvalue weighted by Gasteiger charge is -2.08. The summed E-state index contributed by atoms with van der Waals surface area (Å²) in [6, 6.07) is 14.3. The van der Waals surface area contributed by atoms with E-state index in [0.29, 0.717) is 11.4 Å². The van der Waals surface area contributed by atoms with Crippen molar-refractivity contribution < 1.29 is 23.9 Å². The summed E-state index contributed by atoms with van der Waals surface area (Å²) in [5, 5.41) is 14.6. The molecule has 0 aromatic heterocycles. The van der Waals surface area contributed by atoms with Gasteiger partial charge >= 0.3 is 12.2 Å². The second-order valence-corrected chi connectivity index (χ2v) is 8.43. The van der Waals surface area contributed by atoms with Crippen LogP contribution in [0.15, 0.2) is 85.0 Å². The zero-order valence-corrected chi connectivity index (χ0v) is 24.3. The summed E-state index contributed by atoms with van der Waals surface area (Å²) in [4.78, 5) is 33.0. The molecular weight excluding hydrogens is 524 g/mol. The van der Waals surface area contributed by atoms with E-state index in [0.717, 1.165) is 22.4 Å². The summed E-state index contributed by atoms with van der Waals surface area (Å²) >= 11 is 0. The first kappa shape index (κ1) is 36.1. The molecule has 3 amide bonds. The van der Waals surface area contributed by atoms with Crippen molar-refractivity contribution in [3.8, 4) is 0 Å². The van der Waals surface area contributed by atoms with Crippen LogP contribution in [0.5, 0.6) is 0 Å². The predicted molar refractivity (Wildman–Crippen MR) is 165 cm³/mol. The van der Waals surface area contributed by atoms with Crippen molar-refractivity contribution >= 4 is 35.2 Å². The third-order valence-corrected chi connectivity index (χ3v) is 4.83. The molecule has 0 saturated carbocycles. The van der Waals surface area contributed by atoms with E-state index < -0.39 is 12.2 Å². The third kappa shape index (κ3) is 17.3. The number of hydrogen-bond donors (Lipinski definition) is 6. The van der Waals surface area contributed by atoms with Crippen molar-refractivity contribution in [2.24, 2.45) is 11.7 Å². The number of hydrogen-bond acceptors (Lipinski definition) is 8. The monoisotopic (exact) mass is 566 g/mol. The van der Waals surface area contributed by atoms with Crippen LogP contribution >= 0.6 is 0 Å². The average Bonchev–Trinajstić information content (AvgIpc) is 2.99. The number of benzene rings is 2. The van der Waals surface area contributed by atoms with Crippen molar-refractivity contribution in [2.45, 2.75) is 27.1 Å². The maximum atomic E-state index is 11.5. The van der Waals surface area contributed by atoms with E-state index in [1.54, 1.807) is 48.6 Å². The number of nitrogens with one attached hydrogen (secondary N) is 4. The average molecular weight is 567 g/mol. The molecule has 11 nitrogen and oxygen atoms in total. The molecule has 3 rings (SSSR count). The lowest BCUT2D eigenvalue weighted by Crippen LogP contribution is -2.19. The highest BCUT2D eigenvalue weighted by Crippen LogP contribution is 2.12. The minimum atomic E-state index is -0.466. The predicted octanol–water partition coefficient (Wildman–Crippen LogP) is 4.53. The Kier molecular flexibility index (Phi) is 18.5. The van der Waals surface area contributed by atoms with E-state index in [2.05, 4.69) is 28.3 Å². The number of allylic oxidation sites excluding steroid dienone is 5. The van der Waals surface area contributed by atoms with E-state index >= 15 is 0 Å². The van der Waals surface area contributed by atoms with Gasteiger partial charge < -0.3 is 42.3 Å². The van der Waals surface area contributed by atoms with Crippen molar-refractivity contribution in [3.63, 3.8) is 0 Å². The standard InChI is InChI=1S/C13H18N2O3.C9H12N2O2.C7H7N.CH5N/c1-9(2)12(16)15-11-6-4-10(5-7-11)8-18-13(17)14-3;1-11-9(12)13-6-7-2-4-8(10)5-3-7;1-6-2-4-7(8)5-3-6;1-2/h4-7,9H,8H2,1-3H3,(H,14,17)(H,15,16);2-5H,6,10H2,1H3,(H,11,12);2-5,8H,1H2;2H2,1H3. The fourth-order valence-corrected chi connectivity index (χ4v) is 2.53. The molecule has 0 spiro atoms. The Morgan fingerprint density at radius 2 is 1.22 bits per heavy atom. The normalized spacial score (nSPS) is 10.9. The first-order chi connectivity index (χ1) is 19.5. The summed E-state index contributed by atoms with van der Waals surface area (Å²) in [6.07, 6.45) is 6.19. The smallest absolute Gasteiger partial charge is 0.407 e. The highest BCUT2D eigenvalue weighted by atomic mass is 16.6. The molecule has 0 bridgehead atoms.